The fourth-order valence-electron chi connectivity index (χ4n) is 2.62. The average molecular weight is 332 g/mol. The smallest absolute Gasteiger partial charge is 0.248 e. The van der Waals surface area contributed by atoms with Gasteiger partial charge in [0.05, 0.1) is 13.2 Å². The minimum Gasteiger partial charge on any atom is -0.493 e. The molecular formula is C18H24N2O4. The van der Waals surface area contributed by atoms with Crippen LogP contribution in [0.25, 0.3) is 0 Å². The molecule has 130 valence electrons. The predicted octanol–water partition coefficient (Wildman–Crippen LogP) is 2.67. The number of carbonyl (C=O) groups excluding carboxylic acids is 1. The standard InChI is InChI=1S/C18H24N2O4/c1-12-8-14(18(19)22)9-13(2)17(12)23-7-5-3-4-6-16-10-15(11-21)20-24-16/h8-10,21H,3-7,11H2,1-2H3,(H2,19,22). The first-order chi connectivity index (χ1) is 11.5. The first-order valence-corrected chi connectivity index (χ1v) is 8.10. The number of carbonyl (C=O) groups is 1. The topological polar surface area (TPSA) is 98.6 Å². The highest BCUT2D eigenvalue weighted by Gasteiger charge is 2.09. The summed E-state index contributed by atoms with van der Waals surface area (Å²) in [6, 6.07) is 5.30. The van der Waals surface area contributed by atoms with Crippen molar-refractivity contribution in [3.8, 4) is 5.75 Å². The second-order valence-electron chi connectivity index (χ2n) is 5.91. The van der Waals surface area contributed by atoms with Crippen molar-refractivity contribution in [1.29, 1.82) is 0 Å². The first-order valence-electron chi connectivity index (χ1n) is 8.10. The van der Waals surface area contributed by atoms with Crippen LogP contribution in [0.2, 0.25) is 0 Å². The van der Waals surface area contributed by atoms with Gasteiger partial charge in [-0.1, -0.05) is 5.16 Å². The Kier molecular flexibility index (Phi) is 6.37. The number of unbranched alkanes of at least 4 members (excludes halogenated alkanes) is 2. The molecule has 0 saturated carbocycles. The van der Waals surface area contributed by atoms with E-state index in [0.29, 0.717) is 17.9 Å². The molecule has 1 aromatic carbocycles. The first kappa shape index (κ1) is 18.0. The maximum Gasteiger partial charge on any atom is 0.248 e. The van der Waals surface area contributed by atoms with Crippen molar-refractivity contribution in [2.75, 3.05) is 6.61 Å². The Morgan fingerprint density at radius 3 is 2.50 bits per heavy atom. The van der Waals surface area contributed by atoms with E-state index in [9.17, 15) is 4.79 Å². The van der Waals surface area contributed by atoms with Crippen molar-refractivity contribution in [2.45, 2.75) is 46.1 Å². The number of primary amides is 1. The Hall–Kier alpha value is -2.34. The van der Waals surface area contributed by atoms with Crippen molar-refractivity contribution < 1.29 is 19.2 Å². The molecule has 3 N–H and O–H groups in total. The largest absolute Gasteiger partial charge is 0.493 e. The molecule has 0 aliphatic heterocycles. The molecule has 0 radical (unpaired) electrons. The van der Waals surface area contributed by atoms with Gasteiger partial charge in [-0.15, -0.1) is 0 Å². The lowest BCUT2D eigenvalue weighted by Crippen LogP contribution is -2.12. The molecule has 6 nitrogen and oxygen atoms in total. The number of nitrogens with zero attached hydrogens (tertiary/aromatic N) is 1. The van der Waals surface area contributed by atoms with Crippen LogP contribution in [-0.4, -0.2) is 22.8 Å². The second-order valence-corrected chi connectivity index (χ2v) is 5.91. The van der Waals surface area contributed by atoms with Gasteiger partial charge < -0.3 is 20.1 Å². The zero-order chi connectivity index (χ0) is 17.5. The molecule has 1 heterocycles. The maximum absolute atomic E-state index is 11.2. The van der Waals surface area contributed by atoms with Gasteiger partial charge in [0.25, 0.3) is 0 Å². The molecule has 0 atom stereocenters. The van der Waals surface area contributed by atoms with E-state index in [1.165, 1.54) is 0 Å². The molecule has 0 fully saturated rings. The van der Waals surface area contributed by atoms with E-state index < -0.39 is 5.91 Å². The molecule has 2 aromatic rings. The van der Waals surface area contributed by atoms with Crippen molar-refractivity contribution in [3.63, 3.8) is 0 Å². The van der Waals surface area contributed by atoms with Gasteiger partial charge in [-0.3, -0.25) is 4.79 Å². The summed E-state index contributed by atoms with van der Waals surface area (Å²) in [5, 5.41) is 12.7. The Morgan fingerprint density at radius 2 is 1.92 bits per heavy atom. The van der Waals surface area contributed by atoms with Gasteiger partial charge in [-0.25, -0.2) is 0 Å². The van der Waals surface area contributed by atoms with E-state index in [1.807, 2.05) is 13.8 Å². The highest BCUT2D eigenvalue weighted by Crippen LogP contribution is 2.25. The van der Waals surface area contributed by atoms with E-state index in [0.717, 1.165) is 48.3 Å². The van der Waals surface area contributed by atoms with Crippen molar-refractivity contribution >= 4 is 5.91 Å². The van der Waals surface area contributed by atoms with Crippen LogP contribution < -0.4 is 10.5 Å². The molecule has 0 aliphatic rings. The minimum absolute atomic E-state index is 0.0927. The third kappa shape index (κ3) is 4.83. The zero-order valence-corrected chi connectivity index (χ0v) is 14.2. The lowest BCUT2D eigenvalue weighted by molar-refractivity contribution is 0.1000. The van der Waals surface area contributed by atoms with E-state index >= 15 is 0 Å². The van der Waals surface area contributed by atoms with Gasteiger partial charge in [-0.2, -0.15) is 0 Å². The summed E-state index contributed by atoms with van der Waals surface area (Å²) < 4.78 is 11.0. The van der Waals surface area contributed by atoms with E-state index in [1.54, 1.807) is 18.2 Å². The van der Waals surface area contributed by atoms with E-state index in [-0.39, 0.29) is 6.61 Å². The number of aliphatic hydroxyl groups is 1. The highest BCUT2D eigenvalue weighted by atomic mass is 16.5. The summed E-state index contributed by atoms with van der Waals surface area (Å²) in [7, 11) is 0. The predicted molar refractivity (Wildman–Crippen MR) is 89.9 cm³/mol. The number of rotatable bonds is 9. The number of amides is 1. The third-order valence-electron chi connectivity index (χ3n) is 3.83. The van der Waals surface area contributed by atoms with Gasteiger partial charge >= 0.3 is 0 Å². The Balaban J connectivity index is 1.73. The van der Waals surface area contributed by atoms with Crippen LogP contribution in [0.5, 0.6) is 5.75 Å². The molecule has 0 spiro atoms. The number of aryl methyl sites for hydroxylation is 3. The zero-order valence-electron chi connectivity index (χ0n) is 14.2. The lowest BCUT2D eigenvalue weighted by Gasteiger charge is -2.13. The summed E-state index contributed by atoms with van der Waals surface area (Å²) in [6.45, 7) is 4.36. The van der Waals surface area contributed by atoms with Crippen LogP contribution in [0, 0.1) is 13.8 Å². The molecule has 2 rings (SSSR count). The van der Waals surface area contributed by atoms with Crippen molar-refractivity contribution in [2.24, 2.45) is 5.73 Å². The lowest BCUT2D eigenvalue weighted by atomic mass is 10.1. The summed E-state index contributed by atoms with van der Waals surface area (Å²) in [5.41, 5.74) is 8.22. The van der Waals surface area contributed by atoms with Crippen LogP contribution >= 0.6 is 0 Å². The normalized spacial score (nSPS) is 10.8. The minimum atomic E-state index is -0.426. The van der Waals surface area contributed by atoms with E-state index in [2.05, 4.69) is 5.16 Å². The molecule has 0 aliphatic carbocycles. The Bertz CT molecular complexity index is 671. The van der Waals surface area contributed by atoms with Crippen molar-refractivity contribution in [1.82, 2.24) is 5.16 Å². The van der Waals surface area contributed by atoms with Gasteiger partial charge in [0.2, 0.25) is 5.91 Å². The highest BCUT2D eigenvalue weighted by molar-refractivity contribution is 5.93. The van der Waals surface area contributed by atoms with Crippen molar-refractivity contribution in [3.05, 3.63) is 46.3 Å². The van der Waals surface area contributed by atoms with Gasteiger partial charge in [0.1, 0.15) is 17.2 Å². The number of aromatic nitrogens is 1. The Labute approximate surface area is 141 Å². The summed E-state index contributed by atoms with van der Waals surface area (Å²) in [6.07, 6.45) is 3.71. The number of aliphatic hydroxyl groups excluding tert-OH is 1. The molecular weight excluding hydrogens is 308 g/mol. The fraction of sp³-hybridized carbons (Fsp3) is 0.444. The number of hydrogen-bond donors (Lipinski definition) is 2. The summed E-state index contributed by atoms with van der Waals surface area (Å²) >= 11 is 0. The van der Waals surface area contributed by atoms with Gasteiger partial charge in [-0.05, 0) is 56.4 Å². The average Bonchev–Trinajstić information content (AvgIpc) is 3.00. The molecule has 24 heavy (non-hydrogen) atoms. The molecule has 0 bridgehead atoms. The van der Waals surface area contributed by atoms with Gasteiger partial charge in [0, 0.05) is 18.1 Å². The quantitative estimate of drug-likeness (QED) is 0.688. The third-order valence-corrected chi connectivity index (χ3v) is 3.83. The molecule has 1 aromatic heterocycles. The van der Waals surface area contributed by atoms with Crippen LogP contribution in [0.15, 0.2) is 22.7 Å². The number of ether oxygens (including phenoxy) is 1. The number of benzene rings is 1. The fourth-order valence-corrected chi connectivity index (χ4v) is 2.62. The molecule has 0 unspecified atom stereocenters. The molecule has 0 saturated heterocycles. The SMILES string of the molecule is Cc1cc(C(N)=O)cc(C)c1OCCCCCc1cc(CO)no1. The van der Waals surface area contributed by atoms with Gasteiger partial charge in [0.15, 0.2) is 0 Å². The summed E-state index contributed by atoms with van der Waals surface area (Å²) in [4.78, 5) is 11.2. The monoisotopic (exact) mass is 332 g/mol. The molecule has 1 amide bonds. The van der Waals surface area contributed by atoms with Crippen LogP contribution in [0.3, 0.4) is 0 Å². The van der Waals surface area contributed by atoms with Crippen LogP contribution in [0.1, 0.15) is 52.2 Å². The van der Waals surface area contributed by atoms with E-state index in [4.69, 9.17) is 20.1 Å². The second kappa shape index (κ2) is 8.49. The number of hydrogen-bond acceptors (Lipinski definition) is 5. The molecule has 6 heteroatoms. The van der Waals surface area contributed by atoms with Crippen LogP contribution in [0.4, 0.5) is 0 Å². The summed E-state index contributed by atoms with van der Waals surface area (Å²) in [5.74, 6) is 1.20. The maximum atomic E-state index is 11.2. The Morgan fingerprint density at radius 1 is 1.21 bits per heavy atom. The van der Waals surface area contributed by atoms with Crippen LogP contribution in [-0.2, 0) is 13.0 Å². The number of nitrogens with two attached hydrogens (primary N) is 1.